The molecule has 104 valence electrons. The second kappa shape index (κ2) is 6.11. The molecule has 1 aromatic rings. The first-order valence-corrected chi connectivity index (χ1v) is 6.78. The van der Waals surface area contributed by atoms with E-state index in [9.17, 15) is 14.4 Å². The zero-order valence-electron chi connectivity index (χ0n) is 10.5. The highest BCUT2D eigenvalue weighted by Gasteiger charge is 2.35. The van der Waals surface area contributed by atoms with Crippen LogP contribution in [0.5, 0.6) is 5.75 Å². The van der Waals surface area contributed by atoms with Gasteiger partial charge >= 0.3 is 0 Å². The van der Waals surface area contributed by atoms with Gasteiger partial charge in [0.1, 0.15) is 12.3 Å². The molecule has 1 aliphatic heterocycles. The van der Waals surface area contributed by atoms with E-state index < -0.39 is 22.9 Å². The Hall–Kier alpha value is -1.79. The van der Waals surface area contributed by atoms with Gasteiger partial charge in [0, 0.05) is 0 Å². The summed E-state index contributed by atoms with van der Waals surface area (Å²) in [5.41, 5.74) is 0.758. The van der Waals surface area contributed by atoms with Gasteiger partial charge in [-0.3, -0.25) is 19.3 Å². The van der Waals surface area contributed by atoms with Crippen molar-refractivity contribution in [2.75, 3.05) is 13.7 Å². The van der Waals surface area contributed by atoms with Gasteiger partial charge in [-0.15, -0.1) is 0 Å². The predicted molar refractivity (Wildman–Crippen MR) is 76.5 cm³/mol. The molecule has 1 aliphatic rings. The molecule has 0 N–H and O–H groups in total. The van der Waals surface area contributed by atoms with Crippen molar-refractivity contribution >= 4 is 45.8 Å². The van der Waals surface area contributed by atoms with Gasteiger partial charge in [-0.2, -0.15) is 0 Å². The molecular weight excluding hydrogens is 302 g/mol. The van der Waals surface area contributed by atoms with Crippen molar-refractivity contribution in [1.29, 1.82) is 0 Å². The van der Waals surface area contributed by atoms with E-state index in [1.54, 1.807) is 37.5 Å². The minimum absolute atomic E-state index is 0.262. The first-order chi connectivity index (χ1) is 9.51. The number of amides is 2. The van der Waals surface area contributed by atoms with Crippen LogP contribution < -0.4 is 4.74 Å². The van der Waals surface area contributed by atoms with Gasteiger partial charge in [0.15, 0.2) is 0 Å². The number of carbonyl (C=O) groups is 3. The van der Waals surface area contributed by atoms with Gasteiger partial charge in [-0.1, -0.05) is 12.1 Å². The van der Waals surface area contributed by atoms with Gasteiger partial charge in [-0.25, -0.2) is 0 Å². The number of thioether (sulfide) groups is 1. The van der Waals surface area contributed by atoms with Crippen LogP contribution in [0.25, 0.3) is 6.08 Å². The fourth-order valence-corrected chi connectivity index (χ4v) is 2.57. The van der Waals surface area contributed by atoms with Gasteiger partial charge in [0.25, 0.3) is 11.1 Å². The standard InChI is InChI=1S/C13H10ClNO4S/c1-19-9-4-2-8(3-5-9)6-10-12(17)15(7-11(14)16)13(18)20-10/h2-6H,7H2,1H3/b10-6-. The third-order valence-corrected chi connectivity index (χ3v) is 3.60. The largest absolute Gasteiger partial charge is 0.497 e. The third kappa shape index (κ3) is 3.20. The SMILES string of the molecule is COc1ccc(/C=C2\SC(=O)N(CC(=O)Cl)C2=O)cc1. The van der Waals surface area contributed by atoms with E-state index >= 15 is 0 Å². The molecule has 0 unspecified atom stereocenters. The molecule has 0 saturated carbocycles. The zero-order chi connectivity index (χ0) is 14.7. The van der Waals surface area contributed by atoms with Crippen LogP contribution in [0.3, 0.4) is 0 Å². The van der Waals surface area contributed by atoms with E-state index in [-0.39, 0.29) is 4.91 Å². The van der Waals surface area contributed by atoms with E-state index in [1.807, 2.05) is 0 Å². The van der Waals surface area contributed by atoms with Crippen LogP contribution in [0.4, 0.5) is 4.79 Å². The lowest BCUT2D eigenvalue weighted by Gasteiger charge is -2.07. The van der Waals surface area contributed by atoms with Crippen LogP contribution in [-0.2, 0) is 9.59 Å². The van der Waals surface area contributed by atoms with E-state index in [4.69, 9.17) is 16.3 Å². The lowest BCUT2D eigenvalue weighted by molar-refractivity contribution is -0.125. The maximum Gasteiger partial charge on any atom is 0.294 e. The van der Waals surface area contributed by atoms with Crippen molar-refractivity contribution in [2.24, 2.45) is 0 Å². The van der Waals surface area contributed by atoms with E-state index in [2.05, 4.69) is 0 Å². The average Bonchev–Trinajstić information content (AvgIpc) is 2.67. The van der Waals surface area contributed by atoms with Crippen LogP contribution in [0.2, 0.25) is 0 Å². The highest BCUT2D eigenvalue weighted by molar-refractivity contribution is 8.18. The lowest BCUT2D eigenvalue weighted by Crippen LogP contribution is -2.31. The molecular formula is C13H10ClNO4S. The van der Waals surface area contributed by atoms with Gasteiger partial charge < -0.3 is 4.74 Å². The van der Waals surface area contributed by atoms with E-state index in [0.29, 0.717) is 5.75 Å². The Kier molecular flexibility index (Phi) is 4.46. The number of imide groups is 1. The Morgan fingerprint density at radius 1 is 1.35 bits per heavy atom. The number of hydrogen-bond acceptors (Lipinski definition) is 5. The fourth-order valence-electron chi connectivity index (χ4n) is 1.61. The third-order valence-electron chi connectivity index (χ3n) is 2.57. The Morgan fingerprint density at radius 2 is 2.00 bits per heavy atom. The second-order valence-corrected chi connectivity index (χ2v) is 5.31. The maximum absolute atomic E-state index is 12.0. The molecule has 1 aromatic carbocycles. The van der Waals surface area contributed by atoms with Gasteiger partial charge in [0.2, 0.25) is 5.24 Å². The monoisotopic (exact) mass is 311 g/mol. The summed E-state index contributed by atoms with van der Waals surface area (Å²) >= 11 is 5.99. The van der Waals surface area contributed by atoms with Gasteiger partial charge in [0.05, 0.1) is 12.0 Å². The zero-order valence-corrected chi connectivity index (χ0v) is 12.0. The van der Waals surface area contributed by atoms with Crippen LogP contribution in [0.15, 0.2) is 29.2 Å². The summed E-state index contributed by atoms with van der Waals surface area (Å²) in [5.74, 6) is 0.188. The minimum Gasteiger partial charge on any atom is -0.497 e. The molecule has 1 fully saturated rings. The summed E-state index contributed by atoms with van der Waals surface area (Å²) in [6, 6.07) is 7.02. The molecule has 20 heavy (non-hydrogen) atoms. The van der Waals surface area contributed by atoms with Crippen molar-refractivity contribution in [3.8, 4) is 5.75 Å². The van der Waals surface area contributed by atoms with Crippen LogP contribution in [0.1, 0.15) is 5.56 Å². The van der Waals surface area contributed by atoms with Crippen LogP contribution in [-0.4, -0.2) is 34.9 Å². The summed E-state index contributed by atoms with van der Waals surface area (Å²) in [7, 11) is 1.56. The molecule has 0 aliphatic carbocycles. The second-order valence-electron chi connectivity index (χ2n) is 3.90. The number of benzene rings is 1. The molecule has 2 amide bonds. The molecule has 5 nitrogen and oxygen atoms in total. The molecule has 7 heteroatoms. The van der Waals surface area contributed by atoms with Crippen molar-refractivity contribution in [3.05, 3.63) is 34.7 Å². The molecule has 1 heterocycles. The number of ether oxygens (including phenoxy) is 1. The summed E-state index contributed by atoms with van der Waals surface area (Å²) in [4.78, 5) is 35.5. The van der Waals surface area contributed by atoms with Crippen molar-refractivity contribution in [3.63, 3.8) is 0 Å². The molecule has 0 bridgehead atoms. The van der Waals surface area contributed by atoms with E-state index in [1.165, 1.54) is 0 Å². The quantitative estimate of drug-likeness (QED) is 0.631. The van der Waals surface area contributed by atoms with Crippen LogP contribution in [0, 0.1) is 0 Å². The molecule has 0 aromatic heterocycles. The molecule has 2 rings (SSSR count). The van der Waals surface area contributed by atoms with Crippen molar-refractivity contribution in [2.45, 2.75) is 0 Å². The summed E-state index contributed by atoms with van der Waals surface area (Å²) in [6.45, 7) is -0.411. The average molecular weight is 312 g/mol. The smallest absolute Gasteiger partial charge is 0.294 e. The summed E-state index contributed by atoms with van der Waals surface area (Å²) in [5, 5.41) is -1.25. The Balaban J connectivity index is 2.20. The van der Waals surface area contributed by atoms with Gasteiger partial charge in [-0.05, 0) is 47.1 Å². The predicted octanol–water partition coefficient (Wildman–Crippen LogP) is 2.50. The number of rotatable bonds is 4. The minimum atomic E-state index is -0.752. The van der Waals surface area contributed by atoms with Crippen molar-refractivity contribution < 1.29 is 19.1 Å². The number of nitrogens with zero attached hydrogens (tertiary/aromatic N) is 1. The summed E-state index contributed by atoms with van der Waals surface area (Å²) in [6.07, 6.45) is 1.59. The fraction of sp³-hybridized carbons (Fsp3) is 0.154. The van der Waals surface area contributed by atoms with Crippen LogP contribution >= 0.6 is 23.4 Å². The number of carbonyl (C=O) groups excluding carboxylic acids is 3. The topological polar surface area (TPSA) is 63.7 Å². The first-order valence-electron chi connectivity index (χ1n) is 5.59. The molecule has 0 radical (unpaired) electrons. The van der Waals surface area contributed by atoms with E-state index in [0.717, 1.165) is 22.2 Å². The Morgan fingerprint density at radius 3 is 2.55 bits per heavy atom. The summed E-state index contributed by atoms with van der Waals surface area (Å²) < 4.78 is 5.03. The molecule has 0 spiro atoms. The lowest BCUT2D eigenvalue weighted by atomic mass is 10.2. The highest BCUT2D eigenvalue weighted by Crippen LogP contribution is 2.32. The molecule has 0 atom stereocenters. The number of hydrogen-bond donors (Lipinski definition) is 0. The number of halogens is 1. The first kappa shape index (κ1) is 14.6. The normalized spacial score (nSPS) is 16.9. The molecule has 1 saturated heterocycles. The van der Waals surface area contributed by atoms with Crippen molar-refractivity contribution in [1.82, 2.24) is 4.90 Å². The Bertz CT molecular complexity index is 597. The highest BCUT2D eigenvalue weighted by atomic mass is 35.5. The Labute approximate surface area is 124 Å². The number of methoxy groups -OCH3 is 1. The maximum atomic E-state index is 12.0.